The van der Waals surface area contributed by atoms with Crippen LogP contribution in [0.15, 0.2) is 97.5 Å². The molecule has 28 heavy (non-hydrogen) atoms. The topological polar surface area (TPSA) is 50.8 Å². The first-order valence-corrected chi connectivity index (χ1v) is 9.08. The van der Waals surface area contributed by atoms with Crippen LogP contribution in [0.4, 0.5) is 0 Å². The molecule has 0 aliphatic carbocycles. The van der Waals surface area contributed by atoms with Gasteiger partial charge < -0.3 is 9.72 Å². The second kappa shape index (κ2) is 7.00. The highest BCUT2D eigenvalue weighted by Crippen LogP contribution is 2.27. The first-order chi connectivity index (χ1) is 13.8. The van der Waals surface area contributed by atoms with E-state index in [1.54, 1.807) is 12.4 Å². The number of hydrogen-bond donors (Lipinski definition) is 1. The zero-order valence-electron chi connectivity index (χ0n) is 15.0. The Morgan fingerprint density at radius 3 is 2.21 bits per heavy atom. The maximum absolute atomic E-state index is 5.86. The summed E-state index contributed by atoms with van der Waals surface area (Å²) in [7, 11) is 0. The summed E-state index contributed by atoms with van der Waals surface area (Å²) in [6.45, 7) is 0. The summed E-state index contributed by atoms with van der Waals surface area (Å²) in [5.74, 6) is 1.61. The molecule has 0 bridgehead atoms. The van der Waals surface area contributed by atoms with Gasteiger partial charge in [-0.3, -0.25) is 4.98 Å². The van der Waals surface area contributed by atoms with Crippen molar-refractivity contribution < 1.29 is 4.74 Å². The van der Waals surface area contributed by atoms with Crippen LogP contribution >= 0.6 is 0 Å². The molecule has 2 heterocycles. The Balaban J connectivity index is 1.42. The lowest BCUT2D eigenvalue weighted by atomic mass is 10.1. The molecule has 4 heteroatoms. The van der Waals surface area contributed by atoms with Crippen molar-refractivity contribution in [1.82, 2.24) is 15.0 Å². The van der Waals surface area contributed by atoms with Crippen LogP contribution in [0.25, 0.3) is 33.4 Å². The van der Waals surface area contributed by atoms with Gasteiger partial charge in [-0.05, 0) is 54.6 Å². The van der Waals surface area contributed by atoms with Crippen LogP contribution in [0, 0.1) is 0 Å². The maximum Gasteiger partial charge on any atom is 0.127 e. The summed E-state index contributed by atoms with van der Waals surface area (Å²) in [6.07, 6.45) is 5.52. The maximum atomic E-state index is 5.86. The molecule has 0 saturated carbocycles. The quantitative estimate of drug-likeness (QED) is 0.421. The van der Waals surface area contributed by atoms with Crippen molar-refractivity contribution >= 4 is 10.9 Å². The summed E-state index contributed by atoms with van der Waals surface area (Å²) in [5.41, 5.74) is 4.84. The summed E-state index contributed by atoms with van der Waals surface area (Å²) in [5, 5.41) is 1.16. The van der Waals surface area contributed by atoms with Gasteiger partial charge in [-0.25, -0.2) is 4.98 Å². The first-order valence-electron chi connectivity index (χ1n) is 9.08. The average Bonchev–Trinajstić information content (AvgIpc) is 3.23. The predicted molar refractivity (Wildman–Crippen MR) is 111 cm³/mol. The average molecular weight is 363 g/mol. The van der Waals surface area contributed by atoms with Crippen LogP contribution in [-0.2, 0) is 0 Å². The lowest BCUT2D eigenvalue weighted by Gasteiger charge is -2.07. The molecule has 0 fully saturated rings. The van der Waals surface area contributed by atoms with Crippen molar-refractivity contribution in [1.29, 1.82) is 0 Å². The largest absolute Gasteiger partial charge is 0.457 e. The molecular weight excluding hydrogens is 346 g/mol. The Kier molecular flexibility index (Phi) is 4.07. The van der Waals surface area contributed by atoms with Gasteiger partial charge in [0.1, 0.15) is 11.5 Å². The van der Waals surface area contributed by atoms with Crippen molar-refractivity contribution in [3.63, 3.8) is 0 Å². The monoisotopic (exact) mass is 363 g/mol. The molecule has 0 atom stereocenters. The zero-order valence-corrected chi connectivity index (χ0v) is 15.0. The number of fused-ring (bicyclic) bond motifs is 1. The molecule has 0 spiro atoms. The van der Waals surface area contributed by atoms with E-state index in [-0.39, 0.29) is 0 Å². The van der Waals surface area contributed by atoms with Gasteiger partial charge in [0.15, 0.2) is 0 Å². The van der Waals surface area contributed by atoms with Crippen LogP contribution in [0.5, 0.6) is 11.5 Å². The third-order valence-corrected chi connectivity index (χ3v) is 4.61. The molecule has 2 aromatic heterocycles. The minimum Gasteiger partial charge on any atom is -0.457 e. The standard InChI is InChI=1S/C24H17N3O/c1-2-4-20(5-3-1)28-21-9-6-17(7-10-21)23-15-25-16-24(27-23)18-8-11-22-19(14-18)12-13-26-22/h1-16,26H. The van der Waals surface area contributed by atoms with Gasteiger partial charge in [-0.2, -0.15) is 0 Å². The molecule has 0 amide bonds. The highest BCUT2D eigenvalue weighted by atomic mass is 16.5. The second-order valence-electron chi connectivity index (χ2n) is 6.51. The number of nitrogens with one attached hydrogen (secondary N) is 1. The Morgan fingerprint density at radius 1 is 0.679 bits per heavy atom. The van der Waals surface area contributed by atoms with Gasteiger partial charge in [0, 0.05) is 28.2 Å². The van der Waals surface area contributed by atoms with E-state index >= 15 is 0 Å². The number of hydrogen-bond acceptors (Lipinski definition) is 3. The molecule has 1 N–H and O–H groups in total. The zero-order chi connectivity index (χ0) is 18.8. The van der Waals surface area contributed by atoms with E-state index in [0.717, 1.165) is 44.9 Å². The number of H-pyrrole nitrogens is 1. The van der Waals surface area contributed by atoms with Gasteiger partial charge in [-0.15, -0.1) is 0 Å². The van der Waals surface area contributed by atoms with Crippen LogP contribution in [0.1, 0.15) is 0 Å². The molecule has 3 aromatic carbocycles. The third kappa shape index (κ3) is 3.23. The molecule has 0 unspecified atom stereocenters. The van der Waals surface area contributed by atoms with E-state index in [0.29, 0.717) is 0 Å². The van der Waals surface area contributed by atoms with E-state index in [1.807, 2.05) is 60.8 Å². The molecule has 0 aliphatic heterocycles. The van der Waals surface area contributed by atoms with Crippen LogP contribution in [0.2, 0.25) is 0 Å². The van der Waals surface area contributed by atoms with Crippen LogP contribution < -0.4 is 4.74 Å². The Labute approximate surface area is 162 Å². The molecule has 5 rings (SSSR count). The Bertz CT molecular complexity index is 1230. The fraction of sp³-hybridized carbons (Fsp3) is 0. The van der Waals surface area contributed by atoms with E-state index in [2.05, 4.69) is 34.2 Å². The van der Waals surface area contributed by atoms with Crippen molar-refractivity contribution in [2.24, 2.45) is 0 Å². The van der Waals surface area contributed by atoms with E-state index < -0.39 is 0 Å². The normalized spacial score (nSPS) is 10.9. The van der Waals surface area contributed by atoms with E-state index in [9.17, 15) is 0 Å². The minimum atomic E-state index is 0.789. The number of rotatable bonds is 4. The van der Waals surface area contributed by atoms with E-state index in [1.165, 1.54) is 0 Å². The Morgan fingerprint density at radius 2 is 1.39 bits per heavy atom. The summed E-state index contributed by atoms with van der Waals surface area (Å²) >= 11 is 0. The smallest absolute Gasteiger partial charge is 0.127 e. The minimum absolute atomic E-state index is 0.789. The molecule has 0 aliphatic rings. The Hall–Kier alpha value is -3.92. The number of para-hydroxylation sites is 1. The number of ether oxygens (including phenoxy) is 1. The second-order valence-corrected chi connectivity index (χ2v) is 6.51. The van der Waals surface area contributed by atoms with Crippen LogP contribution in [0.3, 0.4) is 0 Å². The van der Waals surface area contributed by atoms with Crippen LogP contribution in [-0.4, -0.2) is 15.0 Å². The van der Waals surface area contributed by atoms with Gasteiger partial charge in [0.25, 0.3) is 0 Å². The molecular formula is C24H17N3O. The van der Waals surface area contributed by atoms with Gasteiger partial charge >= 0.3 is 0 Å². The number of aromatic nitrogens is 3. The molecule has 4 nitrogen and oxygen atoms in total. The van der Waals surface area contributed by atoms with Gasteiger partial charge in [0.05, 0.1) is 23.8 Å². The van der Waals surface area contributed by atoms with Gasteiger partial charge in [-0.1, -0.05) is 24.3 Å². The highest BCUT2D eigenvalue weighted by Gasteiger charge is 2.06. The number of nitrogens with zero attached hydrogens (tertiary/aromatic N) is 2. The lowest BCUT2D eigenvalue weighted by Crippen LogP contribution is -1.90. The summed E-state index contributed by atoms with van der Waals surface area (Å²) < 4.78 is 5.86. The first kappa shape index (κ1) is 16.3. The van der Waals surface area contributed by atoms with E-state index in [4.69, 9.17) is 9.72 Å². The fourth-order valence-corrected chi connectivity index (χ4v) is 3.18. The highest BCUT2D eigenvalue weighted by molar-refractivity contribution is 5.84. The number of benzene rings is 3. The lowest BCUT2D eigenvalue weighted by molar-refractivity contribution is 0.483. The summed E-state index contributed by atoms with van der Waals surface area (Å²) in [4.78, 5) is 12.4. The van der Waals surface area contributed by atoms with Crippen molar-refractivity contribution in [3.8, 4) is 34.0 Å². The third-order valence-electron chi connectivity index (χ3n) is 4.61. The molecule has 0 saturated heterocycles. The van der Waals surface area contributed by atoms with Gasteiger partial charge in [0.2, 0.25) is 0 Å². The molecule has 5 aromatic rings. The fourth-order valence-electron chi connectivity index (χ4n) is 3.18. The number of aromatic amines is 1. The van der Waals surface area contributed by atoms with Crippen molar-refractivity contribution in [3.05, 3.63) is 97.5 Å². The molecule has 134 valence electrons. The van der Waals surface area contributed by atoms with Crippen molar-refractivity contribution in [2.45, 2.75) is 0 Å². The van der Waals surface area contributed by atoms with Crippen molar-refractivity contribution in [2.75, 3.05) is 0 Å². The summed E-state index contributed by atoms with van der Waals surface area (Å²) in [6, 6.07) is 25.9. The SMILES string of the molecule is c1ccc(Oc2ccc(-c3cncc(-c4ccc5[nH]ccc5c4)n3)cc2)cc1. The molecule has 0 radical (unpaired) electrons. The predicted octanol–water partition coefficient (Wildman–Crippen LogP) is 6.08.